The highest BCUT2D eigenvalue weighted by molar-refractivity contribution is 6.30. The number of aliphatic hydroxyl groups excluding tert-OH is 1. The van der Waals surface area contributed by atoms with E-state index in [0.717, 1.165) is 22.5 Å². The molecule has 2 aromatic rings. The molecule has 2 aliphatic rings. The predicted octanol–water partition coefficient (Wildman–Crippen LogP) is 2.21. The summed E-state index contributed by atoms with van der Waals surface area (Å²) in [6.07, 6.45) is 2.02. The van der Waals surface area contributed by atoms with Crippen molar-refractivity contribution >= 4 is 29.0 Å². The van der Waals surface area contributed by atoms with E-state index in [9.17, 15) is 9.90 Å². The van der Waals surface area contributed by atoms with Crippen LogP contribution in [0.2, 0.25) is 5.02 Å². The number of benzene rings is 1. The zero-order valence-corrected chi connectivity index (χ0v) is 13.9. The third kappa shape index (κ3) is 2.46. The molecule has 4 N–H and O–H groups in total. The number of hydrogen-bond donors (Lipinski definition) is 3. The van der Waals surface area contributed by atoms with E-state index in [-0.39, 0.29) is 11.8 Å². The molecule has 126 valence electrons. The summed E-state index contributed by atoms with van der Waals surface area (Å²) < 4.78 is 1.32. The van der Waals surface area contributed by atoms with Gasteiger partial charge >= 0.3 is 0 Å². The monoisotopic (exact) mass is 346 g/mol. The standard InChI is InChI=1S/C17H19ClN4O2/c18-9-1-3-14-12(7-9)11(5-6-20-14)17(24)22-16(19)13-8-10(23)2-4-15(13)21-22/h1,3,7,10-11,20,23H,2,4-6,8,19H2/t10-,11+/m0/s1. The average Bonchev–Trinajstić information content (AvgIpc) is 2.90. The van der Waals surface area contributed by atoms with Crippen LogP contribution in [0.5, 0.6) is 0 Å². The van der Waals surface area contributed by atoms with Gasteiger partial charge in [0.05, 0.1) is 17.7 Å². The SMILES string of the molecule is Nc1c2c(nn1C(=O)[C@@H]1CCNc3ccc(Cl)cc31)CC[C@H](O)C2. The minimum Gasteiger partial charge on any atom is -0.393 e. The van der Waals surface area contributed by atoms with Crippen LogP contribution in [-0.2, 0) is 12.8 Å². The first-order chi connectivity index (χ1) is 11.5. The van der Waals surface area contributed by atoms with Gasteiger partial charge in [0, 0.05) is 29.2 Å². The minimum absolute atomic E-state index is 0.138. The number of aryl methyl sites for hydroxylation is 1. The highest BCUT2D eigenvalue weighted by Gasteiger charge is 2.32. The largest absolute Gasteiger partial charge is 0.393 e. The van der Waals surface area contributed by atoms with Crippen molar-refractivity contribution in [3.63, 3.8) is 0 Å². The van der Waals surface area contributed by atoms with Crippen molar-refractivity contribution in [2.75, 3.05) is 17.6 Å². The van der Waals surface area contributed by atoms with Gasteiger partial charge in [0.15, 0.2) is 0 Å². The van der Waals surface area contributed by atoms with Crippen LogP contribution in [-0.4, -0.2) is 33.4 Å². The smallest absolute Gasteiger partial charge is 0.256 e. The Labute approximate surface area is 144 Å². The molecule has 1 aliphatic heterocycles. The summed E-state index contributed by atoms with van der Waals surface area (Å²) in [6, 6.07) is 5.53. The van der Waals surface area contributed by atoms with Gasteiger partial charge in [-0.2, -0.15) is 9.78 Å². The Morgan fingerprint density at radius 1 is 1.42 bits per heavy atom. The zero-order valence-electron chi connectivity index (χ0n) is 13.1. The average molecular weight is 347 g/mol. The Morgan fingerprint density at radius 2 is 2.25 bits per heavy atom. The number of aliphatic hydroxyl groups is 1. The Morgan fingerprint density at radius 3 is 3.08 bits per heavy atom. The second-order valence-electron chi connectivity index (χ2n) is 6.46. The summed E-state index contributed by atoms with van der Waals surface area (Å²) in [4.78, 5) is 13.1. The minimum atomic E-state index is -0.411. The van der Waals surface area contributed by atoms with Crippen molar-refractivity contribution in [3.8, 4) is 0 Å². The van der Waals surface area contributed by atoms with Crippen molar-refractivity contribution in [1.82, 2.24) is 9.78 Å². The van der Waals surface area contributed by atoms with Crippen LogP contribution in [0.1, 0.15) is 40.4 Å². The van der Waals surface area contributed by atoms with Crippen LogP contribution >= 0.6 is 11.6 Å². The number of hydrogen-bond acceptors (Lipinski definition) is 5. The van der Waals surface area contributed by atoms with E-state index in [0.29, 0.717) is 43.1 Å². The summed E-state index contributed by atoms with van der Waals surface area (Å²) in [7, 11) is 0. The van der Waals surface area contributed by atoms with Crippen molar-refractivity contribution in [3.05, 3.63) is 40.0 Å². The number of anilines is 2. The molecule has 0 unspecified atom stereocenters. The maximum Gasteiger partial charge on any atom is 0.256 e. The Hall–Kier alpha value is -2.05. The number of nitrogens with two attached hydrogens (primary N) is 1. The lowest BCUT2D eigenvalue weighted by molar-refractivity contribution is 0.0859. The summed E-state index contributed by atoms with van der Waals surface area (Å²) >= 11 is 6.11. The molecule has 0 bridgehead atoms. The molecule has 24 heavy (non-hydrogen) atoms. The van der Waals surface area contributed by atoms with Crippen molar-refractivity contribution < 1.29 is 9.90 Å². The molecule has 0 fully saturated rings. The molecule has 0 spiro atoms. The fourth-order valence-electron chi connectivity index (χ4n) is 3.64. The molecule has 4 rings (SSSR count). The number of nitrogens with zero attached hydrogens (tertiary/aromatic N) is 2. The van der Waals surface area contributed by atoms with E-state index in [4.69, 9.17) is 17.3 Å². The van der Waals surface area contributed by atoms with Crippen LogP contribution in [0.15, 0.2) is 18.2 Å². The summed E-state index contributed by atoms with van der Waals surface area (Å²) in [5.74, 6) is -0.106. The van der Waals surface area contributed by atoms with Crippen molar-refractivity contribution in [1.29, 1.82) is 0 Å². The molecule has 2 heterocycles. The van der Waals surface area contributed by atoms with Gasteiger partial charge in [-0.05, 0) is 43.0 Å². The van der Waals surface area contributed by atoms with Crippen LogP contribution in [0.4, 0.5) is 11.5 Å². The van der Waals surface area contributed by atoms with E-state index >= 15 is 0 Å². The molecule has 6 nitrogen and oxygen atoms in total. The van der Waals surface area contributed by atoms with Gasteiger partial charge < -0.3 is 16.2 Å². The first-order valence-corrected chi connectivity index (χ1v) is 8.54. The lowest BCUT2D eigenvalue weighted by Gasteiger charge is -2.26. The molecule has 0 radical (unpaired) electrons. The summed E-state index contributed by atoms with van der Waals surface area (Å²) in [5, 5.41) is 18.2. The van der Waals surface area contributed by atoms with Gasteiger partial charge in [-0.1, -0.05) is 11.6 Å². The zero-order chi connectivity index (χ0) is 16.8. The number of nitrogen functional groups attached to an aromatic ring is 1. The number of carbonyl (C=O) groups excluding carboxylic acids is 1. The molecule has 1 aromatic heterocycles. The highest BCUT2D eigenvalue weighted by atomic mass is 35.5. The Balaban J connectivity index is 1.72. The quantitative estimate of drug-likeness (QED) is 0.736. The third-order valence-electron chi connectivity index (χ3n) is 4.90. The second-order valence-corrected chi connectivity index (χ2v) is 6.89. The molecule has 0 saturated carbocycles. The maximum atomic E-state index is 13.1. The molecular formula is C17H19ClN4O2. The molecule has 1 aliphatic carbocycles. The van der Waals surface area contributed by atoms with Crippen LogP contribution in [0, 0.1) is 0 Å². The van der Waals surface area contributed by atoms with Crippen LogP contribution in [0.3, 0.4) is 0 Å². The molecule has 1 aromatic carbocycles. The number of fused-ring (bicyclic) bond motifs is 2. The first kappa shape index (κ1) is 15.5. The van der Waals surface area contributed by atoms with Gasteiger partial charge in [0.2, 0.25) is 0 Å². The van der Waals surface area contributed by atoms with Gasteiger partial charge in [0.1, 0.15) is 5.82 Å². The third-order valence-corrected chi connectivity index (χ3v) is 5.14. The fourth-order valence-corrected chi connectivity index (χ4v) is 3.82. The number of halogens is 1. The summed E-state index contributed by atoms with van der Waals surface area (Å²) in [6.45, 7) is 0.713. The molecule has 0 saturated heterocycles. The predicted molar refractivity (Wildman–Crippen MR) is 92.6 cm³/mol. The normalized spacial score (nSPS) is 22.4. The molecular weight excluding hydrogens is 328 g/mol. The second kappa shape index (κ2) is 5.79. The number of nitrogens with one attached hydrogen (secondary N) is 1. The maximum absolute atomic E-state index is 13.1. The lowest BCUT2D eigenvalue weighted by atomic mass is 9.90. The topological polar surface area (TPSA) is 93.2 Å². The van der Waals surface area contributed by atoms with Gasteiger partial charge in [0.25, 0.3) is 5.91 Å². The van der Waals surface area contributed by atoms with Crippen molar-refractivity contribution in [2.24, 2.45) is 0 Å². The molecule has 0 amide bonds. The first-order valence-electron chi connectivity index (χ1n) is 8.16. The van der Waals surface area contributed by atoms with E-state index in [2.05, 4.69) is 10.4 Å². The van der Waals surface area contributed by atoms with Gasteiger partial charge in [-0.15, -0.1) is 0 Å². The van der Waals surface area contributed by atoms with Crippen LogP contribution in [0.25, 0.3) is 0 Å². The fraction of sp³-hybridized carbons (Fsp3) is 0.412. The van der Waals surface area contributed by atoms with Gasteiger partial charge in [-0.3, -0.25) is 4.79 Å². The van der Waals surface area contributed by atoms with E-state index in [1.807, 2.05) is 18.2 Å². The van der Waals surface area contributed by atoms with E-state index < -0.39 is 6.10 Å². The number of aromatic nitrogens is 2. The van der Waals surface area contributed by atoms with Gasteiger partial charge in [-0.25, -0.2) is 0 Å². The molecule has 2 atom stereocenters. The number of carbonyl (C=O) groups is 1. The lowest BCUT2D eigenvalue weighted by Crippen LogP contribution is -2.28. The highest BCUT2D eigenvalue weighted by Crippen LogP contribution is 2.36. The van der Waals surface area contributed by atoms with Crippen LogP contribution < -0.4 is 11.1 Å². The molecule has 7 heteroatoms. The Kier molecular flexibility index (Phi) is 3.73. The van der Waals surface area contributed by atoms with E-state index in [1.165, 1.54) is 4.68 Å². The summed E-state index contributed by atoms with van der Waals surface area (Å²) in [5.41, 5.74) is 9.61. The van der Waals surface area contributed by atoms with Crippen molar-refractivity contribution in [2.45, 2.75) is 37.7 Å². The Bertz CT molecular complexity index is 817. The number of rotatable bonds is 1. The van der Waals surface area contributed by atoms with E-state index in [1.54, 1.807) is 0 Å².